The Morgan fingerprint density at radius 1 is 0.384 bits per heavy atom. The zero-order valence-corrected chi connectivity index (χ0v) is 46.3. The lowest BCUT2D eigenvalue weighted by molar-refractivity contribution is 0.601. The Kier molecular flexibility index (Phi) is 11.2. The van der Waals surface area contributed by atoms with Gasteiger partial charge in [-0.15, -0.1) is 0 Å². The number of para-hydroxylation sites is 2. The highest BCUT2D eigenvalue weighted by Gasteiger charge is 2.26. The van der Waals surface area contributed by atoms with Crippen LogP contribution in [0.15, 0.2) is 279 Å². The minimum atomic E-state index is 0.720. The lowest BCUT2D eigenvalue weighted by Gasteiger charge is -2.27. The van der Waals surface area contributed by atoms with E-state index in [9.17, 15) is 0 Å². The second-order valence-corrected chi connectivity index (χ2v) is 21.6. The van der Waals surface area contributed by atoms with Crippen LogP contribution in [0, 0.1) is 6.92 Å². The molecule has 10 heteroatoms. The summed E-state index contributed by atoms with van der Waals surface area (Å²) in [6.07, 6.45) is 11.2. The van der Waals surface area contributed by atoms with Crippen molar-refractivity contribution >= 4 is 144 Å². The molecule has 0 saturated carbocycles. The predicted molar refractivity (Wildman–Crippen MR) is 351 cm³/mol. The highest BCUT2D eigenvalue weighted by molar-refractivity contribution is 6.14. The fraction of sp³-hybridized carbons (Fsp3) is 0.0132. The van der Waals surface area contributed by atoms with Crippen molar-refractivity contribution in [1.29, 1.82) is 0 Å². The fourth-order valence-corrected chi connectivity index (χ4v) is 12.7. The summed E-state index contributed by atoms with van der Waals surface area (Å²) in [7, 11) is 0. The molecule has 17 aromatic rings. The van der Waals surface area contributed by atoms with Gasteiger partial charge in [-0.2, -0.15) is 0 Å². The van der Waals surface area contributed by atoms with Gasteiger partial charge in [0.05, 0.1) is 23.3 Å². The molecule has 7 aromatic heterocycles. The molecule has 0 bridgehead atoms. The Morgan fingerprint density at radius 2 is 1.02 bits per heavy atom. The number of aryl methyl sites for hydroxylation is 1. The molecule has 7 heterocycles. The van der Waals surface area contributed by atoms with Gasteiger partial charge in [-0.3, -0.25) is 15.0 Å². The summed E-state index contributed by atoms with van der Waals surface area (Å²) in [6, 6.07) is 80.4. The molecular formula is C76H48N6O4. The molecule has 10 aromatic carbocycles. The summed E-state index contributed by atoms with van der Waals surface area (Å²) in [4.78, 5) is 18.5. The molecule has 10 nitrogen and oxygen atoms in total. The SMILES string of the molecule is Cc1c(/C=C\Nc2ccc3c(-c4ccccc4)cc(N(c4ccc5oc6cccnc6c5c4)c4cccc5c4oc4cnccc45)cc3c2)oc2c(N(c3ccc4oc5cccnc5c4c3)c3ccc(-c4ccccc4)c4ccccc34)cccc12. The summed E-state index contributed by atoms with van der Waals surface area (Å²) in [5, 5.41) is 12.9. The number of nitrogens with zero attached hydrogens (tertiary/aromatic N) is 5. The smallest absolute Gasteiger partial charge is 0.159 e. The molecule has 0 fully saturated rings. The number of hydrogen-bond donors (Lipinski definition) is 1. The molecule has 406 valence electrons. The monoisotopic (exact) mass is 1110 g/mol. The first-order valence-electron chi connectivity index (χ1n) is 28.6. The van der Waals surface area contributed by atoms with Crippen molar-refractivity contribution in [3.63, 3.8) is 0 Å². The van der Waals surface area contributed by atoms with E-state index in [1.165, 1.54) is 0 Å². The normalized spacial score (nSPS) is 12.0. The van der Waals surface area contributed by atoms with Crippen molar-refractivity contribution in [2.24, 2.45) is 0 Å². The van der Waals surface area contributed by atoms with Crippen LogP contribution in [-0.2, 0) is 0 Å². The minimum absolute atomic E-state index is 0.720. The zero-order chi connectivity index (χ0) is 56.8. The number of hydrogen-bond acceptors (Lipinski definition) is 10. The van der Waals surface area contributed by atoms with Gasteiger partial charge in [-0.1, -0.05) is 121 Å². The number of pyridine rings is 3. The van der Waals surface area contributed by atoms with Crippen LogP contribution in [0.5, 0.6) is 0 Å². The third-order valence-corrected chi connectivity index (χ3v) is 16.7. The molecule has 0 atom stereocenters. The Labute approximate surface area is 491 Å². The molecule has 0 unspecified atom stereocenters. The first kappa shape index (κ1) is 48.9. The number of fused-ring (bicyclic) bond motifs is 12. The third kappa shape index (κ3) is 7.99. The molecule has 0 aliphatic carbocycles. The van der Waals surface area contributed by atoms with Crippen LogP contribution in [0.4, 0.5) is 39.8 Å². The van der Waals surface area contributed by atoms with Crippen LogP contribution in [0.2, 0.25) is 0 Å². The van der Waals surface area contributed by atoms with Crippen LogP contribution >= 0.6 is 0 Å². The Balaban J connectivity index is 0.783. The molecular weight excluding hydrogens is 1060 g/mol. The second-order valence-electron chi connectivity index (χ2n) is 21.6. The average Bonchev–Trinajstić information content (AvgIpc) is 1.56. The number of aromatic nitrogens is 3. The van der Waals surface area contributed by atoms with Crippen molar-refractivity contribution in [2.75, 3.05) is 15.1 Å². The lowest BCUT2D eigenvalue weighted by Crippen LogP contribution is -2.11. The molecule has 0 saturated heterocycles. The Bertz CT molecular complexity index is 5570. The van der Waals surface area contributed by atoms with E-state index in [4.69, 9.17) is 27.6 Å². The molecule has 0 aliphatic rings. The standard InChI is InChI=1S/C76H48N6O4/c1-46-54-20-10-23-66(82(52-28-33-69-63(43-52)74-71(84-69)25-13-37-80-74)64-31-30-55(47-14-4-2-5-15-47)57-18-8-9-19-58(57)64)75(54)85-67(46)35-39-78-50-26-29-56-49(40-50)41-53(44-61(56)48-16-6-3-7-17-48)81(51-27-32-68-62(42-51)73-70(83-68)24-12-36-79-73)65-22-11-21-60-59-34-38-77-45-72(59)86-76(60)65/h2-45,78H,1H3/b39-35-. The van der Waals surface area contributed by atoms with Crippen LogP contribution in [0.3, 0.4) is 0 Å². The summed E-state index contributed by atoms with van der Waals surface area (Å²) in [6.45, 7) is 2.12. The van der Waals surface area contributed by atoms with E-state index in [1.54, 1.807) is 6.20 Å². The molecule has 0 aliphatic heterocycles. The highest BCUT2D eigenvalue weighted by atomic mass is 16.3. The van der Waals surface area contributed by atoms with Crippen molar-refractivity contribution in [3.8, 4) is 22.3 Å². The van der Waals surface area contributed by atoms with Crippen molar-refractivity contribution in [1.82, 2.24) is 15.0 Å². The van der Waals surface area contributed by atoms with Crippen LogP contribution in [0.25, 0.3) is 127 Å². The van der Waals surface area contributed by atoms with E-state index in [2.05, 4.69) is 215 Å². The van der Waals surface area contributed by atoms with Gasteiger partial charge in [-0.05, 0) is 161 Å². The predicted octanol–water partition coefficient (Wildman–Crippen LogP) is 21.3. The minimum Gasteiger partial charge on any atom is -0.454 e. The Morgan fingerprint density at radius 3 is 1.76 bits per heavy atom. The summed E-state index contributed by atoms with van der Waals surface area (Å²) < 4.78 is 26.4. The zero-order valence-electron chi connectivity index (χ0n) is 46.3. The van der Waals surface area contributed by atoms with E-state index in [0.29, 0.717) is 0 Å². The maximum Gasteiger partial charge on any atom is 0.159 e. The first-order valence-corrected chi connectivity index (χ1v) is 28.6. The molecule has 0 radical (unpaired) electrons. The Hall–Kier alpha value is -11.8. The van der Waals surface area contributed by atoms with E-state index in [1.807, 2.05) is 73.3 Å². The van der Waals surface area contributed by atoms with Gasteiger partial charge in [0.15, 0.2) is 27.9 Å². The highest BCUT2D eigenvalue weighted by Crippen LogP contribution is 2.49. The topological polar surface area (TPSA) is 110 Å². The van der Waals surface area contributed by atoms with Gasteiger partial charge in [-0.25, -0.2) is 0 Å². The number of benzene rings is 10. The van der Waals surface area contributed by atoms with Crippen molar-refractivity contribution < 1.29 is 17.7 Å². The molecule has 86 heavy (non-hydrogen) atoms. The second kappa shape index (κ2) is 19.7. The van der Waals surface area contributed by atoms with Gasteiger partial charge >= 0.3 is 0 Å². The van der Waals surface area contributed by atoms with Gasteiger partial charge in [0.25, 0.3) is 0 Å². The molecule has 0 amide bonds. The number of nitrogens with one attached hydrogen (secondary N) is 1. The third-order valence-electron chi connectivity index (χ3n) is 16.7. The fourth-order valence-electron chi connectivity index (χ4n) is 12.7. The van der Waals surface area contributed by atoms with Crippen LogP contribution in [0.1, 0.15) is 11.3 Å². The van der Waals surface area contributed by atoms with E-state index >= 15 is 0 Å². The maximum absolute atomic E-state index is 7.07. The van der Waals surface area contributed by atoms with Crippen molar-refractivity contribution in [3.05, 3.63) is 273 Å². The number of furan rings is 4. The quantitative estimate of drug-likeness (QED) is 0.134. The van der Waals surface area contributed by atoms with E-state index in [-0.39, 0.29) is 0 Å². The average molecular weight is 1110 g/mol. The summed E-state index contributed by atoms with van der Waals surface area (Å²) in [5.41, 5.74) is 18.9. The van der Waals surface area contributed by atoms with Gasteiger partial charge in [0.1, 0.15) is 28.0 Å². The van der Waals surface area contributed by atoms with Crippen molar-refractivity contribution in [2.45, 2.75) is 6.92 Å². The van der Waals surface area contributed by atoms with Crippen LogP contribution in [-0.4, -0.2) is 15.0 Å². The first-order chi connectivity index (χ1) is 42.5. The van der Waals surface area contributed by atoms with E-state index < -0.39 is 0 Å². The van der Waals surface area contributed by atoms with Gasteiger partial charge < -0.3 is 32.8 Å². The molecule has 17 rings (SSSR count). The molecule has 0 spiro atoms. The van der Waals surface area contributed by atoms with Crippen LogP contribution < -0.4 is 15.1 Å². The van der Waals surface area contributed by atoms with E-state index in [0.717, 1.165) is 172 Å². The van der Waals surface area contributed by atoms with Gasteiger partial charge in [0, 0.05) is 85.4 Å². The number of rotatable bonds is 11. The summed E-state index contributed by atoms with van der Waals surface area (Å²) >= 11 is 0. The molecule has 1 N–H and O–H groups in total. The van der Waals surface area contributed by atoms with Gasteiger partial charge in [0.2, 0.25) is 0 Å². The lowest BCUT2D eigenvalue weighted by atomic mass is 9.96. The maximum atomic E-state index is 7.07. The number of anilines is 7. The summed E-state index contributed by atoms with van der Waals surface area (Å²) in [5.74, 6) is 0.739. The largest absolute Gasteiger partial charge is 0.454 e.